The van der Waals surface area contributed by atoms with Crippen molar-refractivity contribution in [2.45, 2.75) is 13.8 Å². The molecule has 0 saturated carbocycles. The van der Waals surface area contributed by atoms with Crippen LogP contribution in [0.1, 0.15) is 13.8 Å². The zero-order valence-electron chi connectivity index (χ0n) is 13.0. The fourth-order valence-corrected chi connectivity index (χ4v) is 2.02. The molecule has 6 nitrogen and oxygen atoms in total. The summed E-state index contributed by atoms with van der Waals surface area (Å²) in [6.07, 6.45) is 1.73. The van der Waals surface area contributed by atoms with Crippen LogP contribution in [0.4, 0.5) is 5.82 Å². The predicted molar refractivity (Wildman–Crippen MR) is 84.6 cm³/mol. The molecular formula is C16H20N2O4. The molecule has 0 unspecified atom stereocenters. The van der Waals surface area contributed by atoms with Crippen molar-refractivity contribution in [1.82, 2.24) is 4.98 Å². The molecule has 0 aliphatic carbocycles. The molecule has 0 fully saturated rings. The van der Waals surface area contributed by atoms with E-state index >= 15 is 0 Å². The van der Waals surface area contributed by atoms with Gasteiger partial charge in [0.2, 0.25) is 0 Å². The topological polar surface area (TPSA) is 69.7 Å². The third-order valence-corrected chi connectivity index (χ3v) is 3.03. The first-order valence-electron chi connectivity index (χ1n) is 7.18. The smallest absolute Gasteiger partial charge is 0.325 e. The third kappa shape index (κ3) is 3.78. The summed E-state index contributed by atoms with van der Waals surface area (Å²) in [6, 6.07) is 5.67. The van der Waals surface area contributed by atoms with Gasteiger partial charge in [0.15, 0.2) is 11.5 Å². The summed E-state index contributed by atoms with van der Waals surface area (Å²) in [5.41, 5.74) is 0. The predicted octanol–water partition coefficient (Wildman–Crippen LogP) is 2.62. The Labute approximate surface area is 129 Å². The van der Waals surface area contributed by atoms with E-state index < -0.39 is 0 Å². The lowest BCUT2D eigenvalue weighted by atomic mass is 10.1. The maximum absolute atomic E-state index is 11.2. The van der Waals surface area contributed by atoms with Crippen LogP contribution in [-0.4, -0.2) is 37.8 Å². The Morgan fingerprint density at radius 1 is 1.09 bits per heavy atom. The van der Waals surface area contributed by atoms with Gasteiger partial charge >= 0.3 is 5.97 Å². The molecule has 2 aromatic rings. The number of aromatic nitrogens is 1. The summed E-state index contributed by atoms with van der Waals surface area (Å²) in [7, 11) is 1.35. The molecule has 22 heavy (non-hydrogen) atoms. The molecule has 118 valence electrons. The maximum atomic E-state index is 11.2. The van der Waals surface area contributed by atoms with Crippen LogP contribution >= 0.6 is 0 Å². The van der Waals surface area contributed by atoms with E-state index in [2.05, 4.69) is 15.0 Å². The second-order valence-corrected chi connectivity index (χ2v) is 4.51. The van der Waals surface area contributed by atoms with Crippen molar-refractivity contribution in [2.75, 3.05) is 32.2 Å². The summed E-state index contributed by atoms with van der Waals surface area (Å²) >= 11 is 0. The van der Waals surface area contributed by atoms with E-state index in [1.165, 1.54) is 7.11 Å². The number of pyridine rings is 1. The Balaban J connectivity index is 2.30. The monoisotopic (exact) mass is 304 g/mol. The number of methoxy groups -OCH3 is 1. The minimum Gasteiger partial charge on any atom is -0.490 e. The molecule has 6 heteroatoms. The zero-order valence-corrected chi connectivity index (χ0v) is 13.0. The van der Waals surface area contributed by atoms with Gasteiger partial charge in [-0.15, -0.1) is 0 Å². The highest BCUT2D eigenvalue weighted by atomic mass is 16.5. The van der Waals surface area contributed by atoms with Crippen molar-refractivity contribution in [1.29, 1.82) is 0 Å². The maximum Gasteiger partial charge on any atom is 0.325 e. The number of ether oxygens (including phenoxy) is 3. The SMILES string of the molecule is CCOc1cc2cnc(NCC(=O)OC)cc2cc1OCC. The number of fused-ring (bicyclic) bond motifs is 1. The second-order valence-electron chi connectivity index (χ2n) is 4.51. The van der Waals surface area contributed by atoms with Gasteiger partial charge in [0, 0.05) is 11.6 Å². The summed E-state index contributed by atoms with van der Waals surface area (Å²) in [5, 5.41) is 4.81. The van der Waals surface area contributed by atoms with E-state index in [0.29, 0.717) is 30.5 Å². The molecule has 0 aliphatic rings. The minimum atomic E-state index is -0.344. The van der Waals surface area contributed by atoms with Gasteiger partial charge in [0.05, 0.1) is 20.3 Å². The molecule has 1 heterocycles. The van der Waals surface area contributed by atoms with Crippen LogP contribution in [0, 0.1) is 0 Å². The highest BCUT2D eigenvalue weighted by Gasteiger charge is 2.09. The number of nitrogens with zero attached hydrogens (tertiary/aromatic N) is 1. The van der Waals surface area contributed by atoms with E-state index in [-0.39, 0.29) is 12.5 Å². The molecule has 0 saturated heterocycles. The number of rotatable bonds is 7. The van der Waals surface area contributed by atoms with E-state index in [9.17, 15) is 4.79 Å². The molecule has 0 bridgehead atoms. The van der Waals surface area contributed by atoms with Crippen LogP contribution in [0.25, 0.3) is 10.8 Å². The molecule has 0 aliphatic heterocycles. The van der Waals surface area contributed by atoms with Crippen LogP contribution in [0.3, 0.4) is 0 Å². The summed E-state index contributed by atoms with van der Waals surface area (Å²) < 4.78 is 15.8. The van der Waals surface area contributed by atoms with E-state index in [1.54, 1.807) is 6.20 Å². The second kappa shape index (κ2) is 7.49. The van der Waals surface area contributed by atoms with Gasteiger partial charge in [0.25, 0.3) is 0 Å². The number of nitrogens with one attached hydrogen (secondary N) is 1. The summed E-state index contributed by atoms with van der Waals surface area (Å²) in [4.78, 5) is 15.4. The van der Waals surface area contributed by atoms with Gasteiger partial charge < -0.3 is 19.5 Å². The lowest BCUT2D eigenvalue weighted by Crippen LogP contribution is -2.15. The Morgan fingerprint density at radius 2 is 1.73 bits per heavy atom. The van der Waals surface area contributed by atoms with Crippen LogP contribution in [-0.2, 0) is 9.53 Å². The van der Waals surface area contributed by atoms with Crippen molar-refractivity contribution < 1.29 is 19.0 Å². The van der Waals surface area contributed by atoms with Crippen molar-refractivity contribution in [3.05, 3.63) is 24.4 Å². The van der Waals surface area contributed by atoms with Gasteiger partial charge in [-0.1, -0.05) is 0 Å². The number of carbonyl (C=O) groups is 1. The summed E-state index contributed by atoms with van der Waals surface area (Å²) in [6.45, 7) is 5.06. The number of carbonyl (C=O) groups excluding carboxylic acids is 1. The Morgan fingerprint density at radius 3 is 2.32 bits per heavy atom. The van der Waals surface area contributed by atoms with Gasteiger partial charge in [-0.3, -0.25) is 4.79 Å². The fourth-order valence-electron chi connectivity index (χ4n) is 2.02. The molecule has 0 amide bonds. The molecule has 1 N–H and O–H groups in total. The van der Waals surface area contributed by atoms with E-state index in [1.807, 2.05) is 32.0 Å². The highest BCUT2D eigenvalue weighted by molar-refractivity contribution is 5.87. The molecule has 0 radical (unpaired) electrons. The largest absolute Gasteiger partial charge is 0.490 e. The molecule has 2 rings (SSSR count). The highest BCUT2D eigenvalue weighted by Crippen LogP contribution is 2.33. The molecular weight excluding hydrogens is 284 g/mol. The first-order chi connectivity index (χ1) is 10.7. The lowest BCUT2D eigenvalue weighted by Gasteiger charge is -2.13. The molecule has 0 spiro atoms. The molecule has 1 aromatic heterocycles. The van der Waals surface area contributed by atoms with Crippen LogP contribution in [0.2, 0.25) is 0 Å². The Hall–Kier alpha value is -2.50. The van der Waals surface area contributed by atoms with Gasteiger partial charge in [0.1, 0.15) is 12.4 Å². The lowest BCUT2D eigenvalue weighted by molar-refractivity contribution is -0.138. The quantitative estimate of drug-likeness (QED) is 0.793. The first kappa shape index (κ1) is 15.9. The molecule has 0 atom stereocenters. The first-order valence-corrected chi connectivity index (χ1v) is 7.18. The standard InChI is InChI=1S/C16H20N2O4/c1-4-21-13-6-11-8-15(18-10-16(19)20-3)17-9-12(11)7-14(13)22-5-2/h6-9H,4-5,10H2,1-3H3,(H,17,18). The van der Waals surface area contributed by atoms with Gasteiger partial charge in [-0.25, -0.2) is 4.98 Å². The number of hydrogen-bond donors (Lipinski definition) is 1. The number of esters is 1. The third-order valence-electron chi connectivity index (χ3n) is 3.03. The molecule has 1 aromatic carbocycles. The van der Waals surface area contributed by atoms with Crippen molar-refractivity contribution in [3.63, 3.8) is 0 Å². The summed E-state index contributed by atoms with van der Waals surface area (Å²) in [5.74, 6) is 1.66. The van der Waals surface area contributed by atoms with Crippen molar-refractivity contribution in [2.24, 2.45) is 0 Å². The Bertz CT molecular complexity index is 658. The van der Waals surface area contributed by atoms with Gasteiger partial charge in [-0.05, 0) is 37.4 Å². The van der Waals surface area contributed by atoms with E-state index in [4.69, 9.17) is 9.47 Å². The average molecular weight is 304 g/mol. The Kier molecular flexibility index (Phi) is 5.41. The fraction of sp³-hybridized carbons (Fsp3) is 0.375. The normalized spacial score (nSPS) is 10.3. The number of hydrogen-bond acceptors (Lipinski definition) is 6. The number of benzene rings is 1. The van der Waals surface area contributed by atoms with Crippen molar-refractivity contribution in [3.8, 4) is 11.5 Å². The zero-order chi connectivity index (χ0) is 15.9. The van der Waals surface area contributed by atoms with Crippen LogP contribution < -0.4 is 14.8 Å². The minimum absolute atomic E-state index is 0.0738. The van der Waals surface area contributed by atoms with E-state index in [0.717, 1.165) is 10.8 Å². The average Bonchev–Trinajstić information content (AvgIpc) is 2.53. The van der Waals surface area contributed by atoms with Crippen LogP contribution in [0.5, 0.6) is 11.5 Å². The van der Waals surface area contributed by atoms with Crippen LogP contribution in [0.15, 0.2) is 24.4 Å². The number of anilines is 1. The van der Waals surface area contributed by atoms with Crippen molar-refractivity contribution >= 4 is 22.6 Å². The van der Waals surface area contributed by atoms with Gasteiger partial charge in [-0.2, -0.15) is 0 Å².